The lowest BCUT2D eigenvalue weighted by Crippen LogP contribution is -2.36. The Labute approximate surface area is 157 Å². The maximum Gasteiger partial charge on any atom is 0.573 e. The maximum absolute atomic E-state index is 12.5. The number of benzene rings is 1. The second kappa shape index (κ2) is 7.01. The summed E-state index contributed by atoms with van der Waals surface area (Å²) in [5.74, 6) is -0.269. The quantitative estimate of drug-likeness (QED) is 0.725. The predicted octanol–water partition coefficient (Wildman–Crippen LogP) is 3.86. The van der Waals surface area contributed by atoms with Gasteiger partial charge in [-0.25, -0.2) is 9.50 Å². The Morgan fingerprint density at radius 2 is 2.04 bits per heavy atom. The van der Waals surface area contributed by atoms with E-state index in [1.807, 2.05) is 0 Å². The Bertz CT molecular complexity index is 930. The Morgan fingerprint density at radius 3 is 2.78 bits per heavy atom. The molecule has 0 saturated carbocycles. The monoisotopic (exact) mass is 397 g/mol. The van der Waals surface area contributed by atoms with Crippen LogP contribution in [0.1, 0.15) is 12.8 Å². The zero-order chi connectivity index (χ0) is 19.0. The van der Waals surface area contributed by atoms with Gasteiger partial charge in [0.15, 0.2) is 0 Å². The molecule has 3 aromatic rings. The Morgan fingerprint density at radius 1 is 1.26 bits per heavy atom. The molecule has 0 amide bonds. The van der Waals surface area contributed by atoms with E-state index in [1.165, 1.54) is 29.5 Å². The molecule has 0 radical (unpaired) electrons. The molecule has 3 heterocycles. The van der Waals surface area contributed by atoms with Crippen LogP contribution in [0.5, 0.6) is 5.75 Å². The summed E-state index contributed by atoms with van der Waals surface area (Å²) in [5, 5.41) is 8.76. The summed E-state index contributed by atoms with van der Waals surface area (Å²) in [6.45, 7) is 2.08. The van der Waals surface area contributed by atoms with Crippen LogP contribution in [-0.4, -0.2) is 52.0 Å². The van der Waals surface area contributed by atoms with Gasteiger partial charge in [-0.05, 0) is 45.1 Å². The fourth-order valence-corrected chi connectivity index (χ4v) is 3.98. The topological polar surface area (TPSA) is 54.7 Å². The van der Waals surface area contributed by atoms with E-state index in [4.69, 9.17) is 0 Å². The van der Waals surface area contributed by atoms with Gasteiger partial charge in [-0.1, -0.05) is 23.5 Å². The molecular weight excluding hydrogens is 379 g/mol. The van der Waals surface area contributed by atoms with Gasteiger partial charge in [0.2, 0.25) is 10.1 Å². The van der Waals surface area contributed by atoms with E-state index in [0.29, 0.717) is 22.3 Å². The highest BCUT2D eigenvalue weighted by molar-refractivity contribution is 7.20. The van der Waals surface area contributed by atoms with Gasteiger partial charge in [0.05, 0.1) is 11.9 Å². The van der Waals surface area contributed by atoms with Crippen molar-refractivity contribution in [1.29, 1.82) is 0 Å². The number of hydrogen-bond donors (Lipinski definition) is 1. The van der Waals surface area contributed by atoms with Gasteiger partial charge >= 0.3 is 6.36 Å². The summed E-state index contributed by atoms with van der Waals surface area (Å²) in [5.41, 5.74) is 1.17. The molecule has 27 heavy (non-hydrogen) atoms. The molecule has 1 aliphatic heterocycles. The normalized spacial score (nSPS) is 16.7. The molecule has 144 valence electrons. The Hall–Kier alpha value is -2.33. The molecule has 1 N–H and O–H groups in total. The van der Waals surface area contributed by atoms with Gasteiger partial charge in [-0.15, -0.1) is 18.3 Å². The molecule has 0 aliphatic carbocycles. The number of alkyl halides is 3. The third-order valence-corrected chi connectivity index (χ3v) is 5.35. The molecule has 4 rings (SSSR count). The van der Waals surface area contributed by atoms with Crippen LogP contribution in [0.25, 0.3) is 16.2 Å². The van der Waals surface area contributed by atoms with Crippen LogP contribution in [-0.2, 0) is 0 Å². The molecule has 6 nitrogen and oxygen atoms in total. The van der Waals surface area contributed by atoms with Crippen LogP contribution in [0.3, 0.4) is 0 Å². The van der Waals surface area contributed by atoms with Crippen LogP contribution >= 0.6 is 11.3 Å². The van der Waals surface area contributed by atoms with Crippen molar-refractivity contribution in [3.63, 3.8) is 0 Å². The largest absolute Gasteiger partial charge is 0.573 e. The van der Waals surface area contributed by atoms with Crippen molar-refractivity contribution in [3.8, 4) is 17.0 Å². The average molecular weight is 397 g/mol. The molecule has 0 bridgehead atoms. The fraction of sp³-hybridized carbons (Fsp3) is 0.412. The number of imidazole rings is 1. The lowest BCUT2D eigenvalue weighted by molar-refractivity contribution is -0.274. The molecule has 1 aliphatic rings. The number of ether oxygens (including phenoxy) is 1. The number of nitrogens with zero attached hydrogens (tertiary/aromatic N) is 4. The molecular formula is C17H18F3N5OS. The van der Waals surface area contributed by atoms with Crippen LogP contribution in [0.2, 0.25) is 0 Å². The summed E-state index contributed by atoms with van der Waals surface area (Å²) in [4.78, 5) is 7.31. The van der Waals surface area contributed by atoms with E-state index in [0.717, 1.165) is 31.1 Å². The zero-order valence-electron chi connectivity index (χ0n) is 14.5. The number of aromatic nitrogens is 3. The van der Waals surface area contributed by atoms with Gasteiger partial charge in [0, 0.05) is 11.6 Å². The van der Waals surface area contributed by atoms with E-state index in [1.54, 1.807) is 16.8 Å². The summed E-state index contributed by atoms with van der Waals surface area (Å²) >= 11 is 1.43. The number of anilines is 1. The maximum atomic E-state index is 12.5. The first-order chi connectivity index (χ1) is 12.9. The third kappa shape index (κ3) is 4.16. The molecule has 2 aromatic heterocycles. The number of likely N-dealkylation sites (tertiary alicyclic amines) is 1. The highest BCUT2D eigenvalue weighted by Gasteiger charge is 2.31. The van der Waals surface area contributed by atoms with E-state index in [9.17, 15) is 13.2 Å². The number of hydrogen-bond acceptors (Lipinski definition) is 6. The molecule has 0 unspecified atom stereocenters. The minimum absolute atomic E-state index is 0.269. The van der Waals surface area contributed by atoms with Crippen LogP contribution in [0.15, 0.2) is 30.5 Å². The number of piperidine rings is 1. The number of nitrogens with one attached hydrogen (secondary N) is 1. The van der Waals surface area contributed by atoms with Gasteiger partial charge < -0.3 is 15.0 Å². The van der Waals surface area contributed by atoms with E-state index >= 15 is 0 Å². The van der Waals surface area contributed by atoms with Crippen molar-refractivity contribution < 1.29 is 17.9 Å². The first-order valence-electron chi connectivity index (χ1n) is 8.53. The highest BCUT2D eigenvalue weighted by Crippen LogP contribution is 2.30. The standard InChI is InChI=1S/C17H18F3N5OS/c1-24-7-5-12(6-8-24)22-15-23-25-14(10-21-16(25)27-15)11-3-2-4-13(9-11)26-17(18,19)20/h2-4,9-10,12H,5-8H2,1H3,(H,22,23). The van der Waals surface area contributed by atoms with Gasteiger partial charge in [-0.2, -0.15) is 0 Å². The third-order valence-electron chi connectivity index (χ3n) is 4.49. The fourth-order valence-electron chi connectivity index (χ4n) is 3.13. The highest BCUT2D eigenvalue weighted by atomic mass is 32.1. The SMILES string of the molecule is CN1CCC(Nc2nn3c(-c4cccc(OC(F)(F)F)c4)cnc3s2)CC1. The van der Waals surface area contributed by atoms with Crippen molar-refractivity contribution in [2.24, 2.45) is 0 Å². The number of fused-ring (bicyclic) bond motifs is 1. The van der Waals surface area contributed by atoms with Gasteiger partial charge in [-0.3, -0.25) is 0 Å². The molecule has 1 fully saturated rings. The second-order valence-corrected chi connectivity index (χ2v) is 7.50. The molecule has 0 spiro atoms. The van der Waals surface area contributed by atoms with Crippen molar-refractivity contribution in [3.05, 3.63) is 30.5 Å². The Balaban J connectivity index is 1.56. The molecule has 1 aromatic carbocycles. The molecule has 10 heteroatoms. The molecule has 0 atom stereocenters. The van der Waals surface area contributed by atoms with Crippen LogP contribution < -0.4 is 10.1 Å². The first kappa shape index (κ1) is 18.1. The van der Waals surface area contributed by atoms with Crippen molar-refractivity contribution in [1.82, 2.24) is 19.5 Å². The molecule has 1 saturated heterocycles. The smallest absolute Gasteiger partial charge is 0.406 e. The van der Waals surface area contributed by atoms with E-state index in [-0.39, 0.29) is 5.75 Å². The number of rotatable bonds is 4. The van der Waals surface area contributed by atoms with Crippen molar-refractivity contribution in [2.45, 2.75) is 25.2 Å². The lowest BCUT2D eigenvalue weighted by atomic mass is 10.1. The minimum Gasteiger partial charge on any atom is -0.406 e. The summed E-state index contributed by atoms with van der Waals surface area (Å²) < 4.78 is 43.0. The zero-order valence-corrected chi connectivity index (χ0v) is 15.3. The van der Waals surface area contributed by atoms with Crippen molar-refractivity contribution in [2.75, 3.05) is 25.5 Å². The first-order valence-corrected chi connectivity index (χ1v) is 9.35. The van der Waals surface area contributed by atoms with Gasteiger partial charge in [0.25, 0.3) is 0 Å². The van der Waals surface area contributed by atoms with E-state index < -0.39 is 6.36 Å². The summed E-state index contributed by atoms with van der Waals surface area (Å²) in [6.07, 6.45) is -1.04. The van der Waals surface area contributed by atoms with Crippen LogP contribution in [0.4, 0.5) is 18.3 Å². The lowest BCUT2D eigenvalue weighted by Gasteiger charge is -2.29. The predicted molar refractivity (Wildman–Crippen MR) is 97.1 cm³/mol. The van der Waals surface area contributed by atoms with Crippen LogP contribution in [0, 0.1) is 0 Å². The average Bonchev–Trinajstić information content (AvgIpc) is 3.15. The van der Waals surface area contributed by atoms with Gasteiger partial charge in [0.1, 0.15) is 5.75 Å². The van der Waals surface area contributed by atoms with E-state index in [2.05, 4.69) is 32.1 Å². The van der Waals surface area contributed by atoms with Crippen molar-refractivity contribution >= 4 is 21.4 Å². The second-order valence-electron chi connectivity index (χ2n) is 6.54. The Kier molecular flexibility index (Phi) is 4.68. The number of halogens is 3. The summed E-state index contributed by atoms with van der Waals surface area (Å²) in [6, 6.07) is 6.18. The minimum atomic E-state index is -4.73. The summed E-state index contributed by atoms with van der Waals surface area (Å²) in [7, 11) is 2.11.